The van der Waals surface area contributed by atoms with Crippen molar-refractivity contribution in [2.75, 3.05) is 0 Å². The van der Waals surface area contributed by atoms with Crippen LogP contribution in [0.3, 0.4) is 0 Å². The number of esters is 2. The van der Waals surface area contributed by atoms with Gasteiger partial charge in [-0.05, 0) is 72.7 Å². The topological polar surface area (TPSA) is 65.5 Å². The van der Waals surface area contributed by atoms with Crippen molar-refractivity contribution in [3.63, 3.8) is 0 Å². The summed E-state index contributed by atoms with van der Waals surface area (Å²) in [6.45, 7) is 4.73. The first kappa shape index (κ1) is 17.9. The maximum absolute atomic E-state index is 11.4. The molecule has 0 unspecified atom stereocenters. The third kappa shape index (κ3) is 3.99. The Bertz CT molecular complexity index is 899. The van der Waals surface area contributed by atoms with Crippen LogP contribution in [-0.4, -0.2) is 16.9 Å². The summed E-state index contributed by atoms with van der Waals surface area (Å²) >= 11 is 0. The second-order valence-corrected chi connectivity index (χ2v) is 6.37. The molecule has 0 spiro atoms. The van der Waals surface area contributed by atoms with Crippen molar-refractivity contribution in [1.82, 2.24) is 4.98 Å². The monoisotopic (exact) mass is 351 g/mol. The van der Waals surface area contributed by atoms with Crippen LogP contribution < -0.4 is 9.47 Å². The summed E-state index contributed by atoms with van der Waals surface area (Å²) in [6, 6.07) is 7.22. The highest BCUT2D eigenvalue weighted by atomic mass is 16.6. The first-order valence-electron chi connectivity index (χ1n) is 8.60. The number of nitrogens with zero attached hydrogens (tertiary/aromatic N) is 1. The molecular weight excluding hydrogens is 330 g/mol. The van der Waals surface area contributed by atoms with E-state index >= 15 is 0 Å². The van der Waals surface area contributed by atoms with Crippen molar-refractivity contribution in [3.8, 4) is 11.5 Å². The van der Waals surface area contributed by atoms with Gasteiger partial charge in [0.15, 0.2) is 11.5 Å². The van der Waals surface area contributed by atoms with Crippen LogP contribution >= 0.6 is 0 Å². The van der Waals surface area contributed by atoms with Crippen LogP contribution in [0, 0.1) is 6.92 Å². The smallest absolute Gasteiger partial charge is 0.308 e. The second kappa shape index (κ2) is 7.52. The highest BCUT2D eigenvalue weighted by Crippen LogP contribution is 2.34. The first-order chi connectivity index (χ1) is 12.4. The average Bonchev–Trinajstić information content (AvgIpc) is 2.57. The van der Waals surface area contributed by atoms with E-state index in [0.29, 0.717) is 0 Å². The predicted octanol–water partition coefficient (Wildman–Crippen LogP) is 4.12. The summed E-state index contributed by atoms with van der Waals surface area (Å²) in [4.78, 5) is 27.2. The van der Waals surface area contributed by atoms with Gasteiger partial charge >= 0.3 is 11.9 Å². The van der Waals surface area contributed by atoms with Crippen molar-refractivity contribution in [3.05, 3.63) is 52.8 Å². The zero-order valence-electron chi connectivity index (χ0n) is 15.2. The van der Waals surface area contributed by atoms with Gasteiger partial charge in [0.25, 0.3) is 0 Å². The molecule has 0 bridgehead atoms. The lowest BCUT2D eigenvalue weighted by Crippen LogP contribution is -2.07. The van der Waals surface area contributed by atoms with Gasteiger partial charge in [-0.1, -0.05) is 6.07 Å². The van der Waals surface area contributed by atoms with Gasteiger partial charge in [-0.15, -0.1) is 0 Å². The van der Waals surface area contributed by atoms with Gasteiger partial charge in [-0.3, -0.25) is 14.6 Å². The van der Waals surface area contributed by atoms with Gasteiger partial charge in [-0.2, -0.15) is 0 Å². The van der Waals surface area contributed by atoms with Crippen LogP contribution in [0.4, 0.5) is 0 Å². The minimum atomic E-state index is -0.469. The molecule has 0 aliphatic heterocycles. The fourth-order valence-electron chi connectivity index (χ4n) is 3.19. The van der Waals surface area contributed by atoms with Crippen molar-refractivity contribution < 1.29 is 19.1 Å². The molecule has 5 heteroatoms. The number of carbonyl (C=O) groups is 2. The van der Waals surface area contributed by atoms with E-state index in [4.69, 9.17) is 9.47 Å². The molecule has 0 saturated carbocycles. The van der Waals surface area contributed by atoms with Crippen LogP contribution in [-0.2, 0) is 16.0 Å². The molecule has 134 valence electrons. The minimum absolute atomic E-state index is 0.230. The summed E-state index contributed by atoms with van der Waals surface area (Å²) < 4.78 is 10.3. The standard InChI is InChI=1S/C21H21NO4/c1-13-9-10-22-21-17(5-4-6-18(13)21)11-16-7-8-19(25-14(2)23)20(12-16)26-15(3)24/h7-12H,4-6H2,1-3H3/b17-11-. The number of benzene rings is 1. The Labute approximate surface area is 152 Å². The number of hydrogen-bond donors (Lipinski definition) is 0. The Morgan fingerprint density at radius 2 is 1.77 bits per heavy atom. The van der Waals surface area contributed by atoms with E-state index in [9.17, 15) is 9.59 Å². The quantitative estimate of drug-likeness (QED) is 0.615. The zero-order chi connectivity index (χ0) is 18.7. The molecule has 1 aliphatic carbocycles. The summed E-state index contributed by atoms with van der Waals surface area (Å²) in [5.74, 6) is -0.475. The molecule has 0 N–H and O–H groups in total. The summed E-state index contributed by atoms with van der Waals surface area (Å²) in [5.41, 5.74) is 5.61. The molecule has 1 aromatic heterocycles. The highest BCUT2D eigenvalue weighted by molar-refractivity contribution is 5.83. The lowest BCUT2D eigenvalue weighted by atomic mass is 9.88. The Kier molecular flexibility index (Phi) is 5.16. The average molecular weight is 351 g/mol. The van der Waals surface area contributed by atoms with Crippen molar-refractivity contribution in [1.29, 1.82) is 0 Å². The van der Waals surface area contributed by atoms with Crippen molar-refractivity contribution in [2.24, 2.45) is 0 Å². The van der Waals surface area contributed by atoms with E-state index in [-0.39, 0.29) is 11.5 Å². The lowest BCUT2D eigenvalue weighted by molar-refractivity contribution is -0.134. The van der Waals surface area contributed by atoms with E-state index in [1.165, 1.54) is 25.0 Å². The van der Waals surface area contributed by atoms with E-state index < -0.39 is 11.9 Å². The number of aryl methyl sites for hydroxylation is 1. The molecule has 1 aliphatic rings. The maximum Gasteiger partial charge on any atom is 0.308 e. The fourth-order valence-corrected chi connectivity index (χ4v) is 3.19. The molecule has 5 nitrogen and oxygen atoms in total. The third-order valence-corrected chi connectivity index (χ3v) is 4.28. The van der Waals surface area contributed by atoms with Gasteiger partial charge in [0, 0.05) is 20.0 Å². The first-order valence-corrected chi connectivity index (χ1v) is 8.60. The number of hydrogen-bond acceptors (Lipinski definition) is 5. The van der Waals surface area contributed by atoms with Crippen molar-refractivity contribution >= 4 is 23.6 Å². The molecule has 0 amide bonds. The molecule has 0 atom stereocenters. The van der Waals surface area contributed by atoms with Crippen molar-refractivity contribution in [2.45, 2.75) is 40.0 Å². The van der Waals surface area contributed by atoms with E-state index in [2.05, 4.69) is 18.0 Å². The normalized spacial score (nSPS) is 14.7. The van der Waals surface area contributed by atoms with Gasteiger partial charge in [0.1, 0.15) is 0 Å². The minimum Gasteiger partial charge on any atom is -0.423 e. The fraction of sp³-hybridized carbons (Fsp3) is 0.286. The molecule has 0 fully saturated rings. The van der Waals surface area contributed by atoms with Crippen LogP contribution in [0.15, 0.2) is 30.5 Å². The van der Waals surface area contributed by atoms with E-state index in [1.54, 1.807) is 12.1 Å². The Morgan fingerprint density at radius 1 is 1.04 bits per heavy atom. The van der Waals surface area contributed by atoms with Crippen LogP contribution in [0.5, 0.6) is 11.5 Å². The predicted molar refractivity (Wildman–Crippen MR) is 98.8 cm³/mol. The molecular formula is C21H21NO4. The van der Waals surface area contributed by atoms with Crippen LogP contribution in [0.1, 0.15) is 49.1 Å². The number of aromatic nitrogens is 1. The number of fused-ring (bicyclic) bond motifs is 1. The molecule has 1 heterocycles. The van der Waals surface area contributed by atoms with Gasteiger partial charge in [-0.25, -0.2) is 0 Å². The van der Waals surface area contributed by atoms with Crippen LogP contribution in [0.2, 0.25) is 0 Å². The third-order valence-electron chi connectivity index (χ3n) is 4.28. The number of rotatable bonds is 3. The summed E-state index contributed by atoms with van der Waals surface area (Å²) in [6.07, 6.45) is 6.94. The van der Waals surface area contributed by atoms with Gasteiger partial charge < -0.3 is 9.47 Å². The maximum atomic E-state index is 11.4. The molecule has 3 rings (SSSR count). The molecule has 0 radical (unpaired) electrons. The number of ether oxygens (including phenoxy) is 2. The molecule has 2 aromatic rings. The van der Waals surface area contributed by atoms with E-state index in [0.717, 1.165) is 36.1 Å². The van der Waals surface area contributed by atoms with Crippen LogP contribution in [0.25, 0.3) is 11.6 Å². The summed E-state index contributed by atoms with van der Waals surface area (Å²) in [5, 5.41) is 0. The molecule has 26 heavy (non-hydrogen) atoms. The number of pyridine rings is 1. The number of carbonyl (C=O) groups excluding carboxylic acids is 2. The Hall–Kier alpha value is -2.95. The molecule has 0 saturated heterocycles. The largest absolute Gasteiger partial charge is 0.423 e. The summed E-state index contributed by atoms with van der Waals surface area (Å²) in [7, 11) is 0. The Morgan fingerprint density at radius 3 is 2.50 bits per heavy atom. The second-order valence-electron chi connectivity index (χ2n) is 6.37. The van der Waals surface area contributed by atoms with Gasteiger partial charge in [0.2, 0.25) is 0 Å². The Balaban J connectivity index is 2.00. The number of allylic oxidation sites excluding steroid dienone is 1. The SMILES string of the molecule is CC(=O)Oc1ccc(/C=C2/CCCc3c(C)ccnc32)cc1OC(C)=O. The molecule has 1 aromatic carbocycles. The van der Waals surface area contributed by atoms with E-state index in [1.807, 2.05) is 18.3 Å². The zero-order valence-corrected chi connectivity index (χ0v) is 15.2. The van der Waals surface area contributed by atoms with Gasteiger partial charge in [0.05, 0.1) is 5.69 Å². The lowest BCUT2D eigenvalue weighted by Gasteiger charge is -2.20. The highest BCUT2D eigenvalue weighted by Gasteiger charge is 2.17.